The van der Waals surface area contributed by atoms with Crippen molar-refractivity contribution in [2.24, 2.45) is 0 Å². The fourth-order valence-corrected chi connectivity index (χ4v) is 2.76. The number of carbonyl (C=O) groups is 2. The third kappa shape index (κ3) is 5.62. The second kappa shape index (κ2) is 9.82. The van der Waals surface area contributed by atoms with E-state index in [1.165, 1.54) is 14.2 Å². The number of benzene rings is 2. The summed E-state index contributed by atoms with van der Waals surface area (Å²) in [5.74, 6) is 0.600. The number of hydrogen-bond donors (Lipinski definition) is 1. The molecule has 0 aliphatic heterocycles. The highest BCUT2D eigenvalue weighted by Gasteiger charge is 2.16. The van der Waals surface area contributed by atoms with E-state index in [4.69, 9.17) is 14.2 Å². The lowest BCUT2D eigenvalue weighted by atomic mass is 10.1. The van der Waals surface area contributed by atoms with E-state index < -0.39 is 5.97 Å². The average Bonchev–Trinajstić information content (AvgIpc) is 2.67. The van der Waals surface area contributed by atoms with Crippen LogP contribution in [0.3, 0.4) is 0 Å². The van der Waals surface area contributed by atoms with E-state index in [9.17, 15) is 9.59 Å². The SMILES string of the molecule is CCOc1c(Br)cc(C(=O)Nc2cccc(OCC(=O)OC)c2)cc1OC. The predicted octanol–water partition coefficient (Wildman–Crippen LogP) is 3.66. The molecule has 1 N–H and O–H groups in total. The minimum atomic E-state index is -0.490. The molecule has 0 heterocycles. The smallest absolute Gasteiger partial charge is 0.343 e. The van der Waals surface area contributed by atoms with Gasteiger partial charge in [-0.1, -0.05) is 6.07 Å². The van der Waals surface area contributed by atoms with Gasteiger partial charge in [-0.25, -0.2) is 4.79 Å². The number of anilines is 1. The summed E-state index contributed by atoms with van der Waals surface area (Å²) in [7, 11) is 2.79. The van der Waals surface area contributed by atoms with Gasteiger partial charge < -0.3 is 24.3 Å². The number of rotatable bonds is 8. The Morgan fingerprint density at radius 1 is 1.11 bits per heavy atom. The number of nitrogens with one attached hydrogen (secondary N) is 1. The van der Waals surface area contributed by atoms with Crippen molar-refractivity contribution >= 4 is 33.5 Å². The van der Waals surface area contributed by atoms with Crippen molar-refractivity contribution in [2.45, 2.75) is 6.92 Å². The highest BCUT2D eigenvalue weighted by molar-refractivity contribution is 9.10. The Bertz CT molecular complexity index is 824. The molecule has 7 nitrogen and oxygen atoms in total. The maximum atomic E-state index is 12.6. The lowest BCUT2D eigenvalue weighted by molar-refractivity contribution is -0.142. The van der Waals surface area contributed by atoms with Crippen LogP contribution in [0, 0.1) is 0 Å². The van der Waals surface area contributed by atoms with Crippen LogP contribution in [0.4, 0.5) is 5.69 Å². The Morgan fingerprint density at radius 2 is 1.89 bits per heavy atom. The molecule has 2 rings (SSSR count). The number of hydrogen-bond acceptors (Lipinski definition) is 6. The Hall–Kier alpha value is -2.74. The number of ether oxygens (including phenoxy) is 4. The van der Waals surface area contributed by atoms with Crippen LogP contribution in [0.25, 0.3) is 0 Å². The van der Waals surface area contributed by atoms with Gasteiger partial charge >= 0.3 is 5.97 Å². The first-order chi connectivity index (χ1) is 13.0. The summed E-state index contributed by atoms with van der Waals surface area (Å²) in [6.45, 7) is 2.12. The normalized spacial score (nSPS) is 10.1. The van der Waals surface area contributed by atoms with E-state index in [0.717, 1.165) is 0 Å². The Morgan fingerprint density at radius 3 is 2.56 bits per heavy atom. The second-order valence-electron chi connectivity index (χ2n) is 5.27. The van der Waals surface area contributed by atoms with E-state index in [1.54, 1.807) is 36.4 Å². The molecule has 0 radical (unpaired) electrons. The molecule has 0 spiro atoms. The van der Waals surface area contributed by atoms with Gasteiger partial charge in [0.2, 0.25) is 0 Å². The number of esters is 1. The molecule has 0 bridgehead atoms. The Kier molecular flexibility index (Phi) is 7.48. The number of carbonyl (C=O) groups excluding carboxylic acids is 2. The van der Waals surface area contributed by atoms with Crippen LogP contribution >= 0.6 is 15.9 Å². The summed E-state index contributed by atoms with van der Waals surface area (Å²) in [6, 6.07) is 9.96. The first kappa shape index (κ1) is 20.6. The largest absolute Gasteiger partial charge is 0.493 e. The van der Waals surface area contributed by atoms with Crippen LogP contribution in [-0.4, -0.2) is 39.3 Å². The minimum Gasteiger partial charge on any atom is -0.493 e. The van der Waals surface area contributed by atoms with Crippen LogP contribution in [0.5, 0.6) is 17.2 Å². The van der Waals surface area contributed by atoms with Gasteiger partial charge in [-0.2, -0.15) is 0 Å². The lowest BCUT2D eigenvalue weighted by Crippen LogP contribution is -2.14. The van der Waals surface area contributed by atoms with E-state index in [1.807, 2.05) is 6.92 Å². The van der Waals surface area contributed by atoms with Crippen molar-refractivity contribution in [1.29, 1.82) is 0 Å². The van der Waals surface area contributed by atoms with Crippen molar-refractivity contribution < 1.29 is 28.5 Å². The first-order valence-corrected chi connectivity index (χ1v) is 8.89. The summed E-state index contributed by atoms with van der Waals surface area (Å²) < 4.78 is 21.3. The molecule has 0 unspecified atom stereocenters. The molecule has 0 aliphatic carbocycles. The van der Waals surface area contributed by atoms with Crippen LogP contribution in [0.2, 0.25) is 0 Å². The molecule has 0 saturated heterocycles. The molecule has 1 amide bonds. The third-order valence-corrected chi connectivity index (χ3v) is 4.05. The molecule has 8 heteroatoms. The molecule has 2 aromatic rings. The van der Waals surface area contributed by atoms with Gasteiger partial charge in [0.05, 0.1) is 25.3 Å². The van der Waals surface area contributed by atoms with Crippen molar-refractivity contribution in [3.63, 3.8) is 0 Å². The van der Waals surface area contributed by atoms with E-state index >= 15 is 0 Å². The molecular weight excluding hydrogens is 418 g/mol. The average molecular weight is 438 g/mol. The van der Waals surface area contributed by atoms with Gasteiger partial charge in [-0.05, 0) is 47.1 Å². The molecule has 144 valence electrons. The van der Waals surface area contributed by atoms with Crippen LogP contribution < -0.4 is 19.5 Å². The maximum absolute atomic E-state index is 12.6. The van der Waals surface area contributed by atoms with Crippen molar-refractivity contribution in [1.82, 2.24) is 0 Å². The summed E-state index contributed by atoms with van der Waals surface area (Å²) in [5, 5.41) is 2.78. The van der Waals surface area contributed by atoms with E-state index in [0.29, 0.717) is 39.6 Å². The number of amides is 1. The van der Waals surface area contributed by atoms with E-state index in [-0.39, 0.29) is 12.5 Å². The van der Waals surface area contributed by atoms with Crippen LogP contribution in [0.15, 0.2) is 40.9 Å². The van der Waals surface area contributed by atoms with Crippen molar-refractivity contribution in [3.05, 3.63) is 46.4 Å². The predicted molar refractivity (Wildman–Crippen MR) is 104 cm³/mol. The van der Waals surface area contributed by atoms with Crippen molar-refractivity contribution in [2.75, 3.05) is 32.8 Å². The molecule has 0 aliphatic rings. The van der Waals surface area contributed by atoms with E-state index in [2.05, 4.69) is 26.0 Å². The Balaban J connectivity index is 2.15. The van der Waals surface area contributed by atoms with Gasteiger partial charge in [-0.15, -0.1) is 0 Å². The zero-order valence-electron chi connectivity index (χ0n) is 15.2. The van der Waals surface area contributed by atoms with Crippen LogP contribution in [0.1, 0.15) is 17.3 Å². The highest BCUT2D eigenvalue weighted by Crippen LogP contribution is 2.36. The topological polar surface area (TPSA) is 83.1 Å². The Labute approximate surface area is 165 Å². The fourth-order valence-electron chi connectivity index (χ4n) is 2.20. The second-order valence-corrected chi connectivity index (χ2v) is 6.12. The molecule has 0 saturated carbocycles. The third-order valence-electron chi connectivity index (χ3n) is 3.46. The molecular formula is C19H20BrNO6. The molecule has 0 fully saturated rings. The molecule has 0 aromatic heterocycles. The number of methoxy groups -OCH3 is 2. The number of halogens is 1. The molecule has 27 heavy (non-hydrogen) atoms. The zero-order valence-corrected chi connectivity index (χ0v) is 16.8. The lowest BCUT2D eigenvalue weighted by Gasteiger charge is -2.13. The standard InChI is InChI=1S/C19H20BrNO6/c1-4-26-18-15(20)8-12(9-16(18)24-2)19(23)21-13-6-5-7-14(10-13)27-11-17(22)25-3/h5-10H,4,11H2,1-3H3,(H,21,23). The maximum Gasteiger partial charge on any atom is 0.343 e. The quantitative estimate of drug-likeness (QED) is 0.634. The minimum absolute atomic E-state index is 0.211. The monoisotopic (exact) mass is 437 g/mol. The van der Waals surface area contributed by atoms with Gasteiger partial charge in [0.1, 0.15) is 5.75 Å². The zero-order chi connectivity index (χ0) is 19.8. The summed E-state index contributed by atoms with van der Waals surface area (Å²) in [4.78, 5) is 23.7. The first-order valence-electron chi connectivity index (χ1n) is 8.09. The summed E-state index contributed by atoms with van der Waals surface area (Å²) >= 11 is 3.40. The van der Waals surface area contributed by atoms with Crippen molar-refractivity contribution in [3.8, 4) is 17.2 Å². The fraction of sp³-hybridized carbons (Fsp3) is 0.263. The summed E-state index contributed by atoms with van der Waals surface area (Å²) in [6.07, 6.45) is 0. The van der Waals surface area contributed by atoms with Gasteiger partial charge in [-0.3, -0.25) is 4.79 Å². The highest BCUT2D eigenvalue weighted by atomic mass is 79.9. The van der Waals surface area contributed by atoms with Gasteiger partial charge in [0, 0.05) is 17.3 Å². The summed E-state index contributed by atoms with van der Waals surface area (Å²) in [5.41, 5.74) is 0.911. The van der Waals surface area contributed by atoms with Crippen LogP contribution in [-0.2, 0) is 9.53 Å². The van der Waals surface area contributed by atoms with Gasteiger partial charge in [0.15, 0.2) is 18.1 Å². The molecule has 2 aromatic carbocycles. The van der Waals surface area contributed by atoms with Gasteiger partial charge in [0.25, 0.3) is 5.91 Å². The molecule has 0 atom stereocenters.